The third-order valence-electron chi connectivity index (χ3n) is 4.10. The van der Waals surface area contributed by atoms with E-state index in [-0.39, 0.29) is 18.0 Å². The van der Waals surface area contributed by atoms with E-state index >= 15 is 0 Å². The lowest BCUT2D eigenvalue weighted by Gasteiger charge is -2.47. The van der Waals surface area contributed by atoms with Crippen molar-refractivity contribution in [3.8, 4) is 0 Å². The first-order valence-corrected chi connectivity index (χ1v) is 6.71. The molecule has 0 aromatic heterocycles. The minimum Gasteiger partial charge on any atom is -0.386 e. The maximum atomic E-state index is 12.1. The number of hydrogen-bond acceptors (Lipinski definition) is 4. The van der Waals surface area contributed by atoms with Crippen molar-refractivity contribution in [2.24, 2.45) is 5.92 Å². The number of nitrogens with zero attached hydrogens (tertiary/aromatic N) is 2. The van der Waals surface area contributed by atoms with E-state index in [0.29, 0.717) is 24.6 Å². The van der Waals surface area contributed by atoms with Crippen molar-refractivity contribution in [1.82, 2.24) is 4.90 Å². The van der Waals surface area contributed by atoms with Gasteiger partial charge in [0, 0.05) is 12.1 Å². The van der Waals surface area contributed by atoms with E-state index < -0.39 is 10.5 Å². The third-order valence-corrected chi connectivity index (χ3v) is 4.10. The van der Waals surface area contributed by atoms with Crippen LogP contribution in [0.4, 0.5) is 5.69 Å². The summed E-state index contributed by atoms with van der Waals surface area (Å²) in [7, 11) is 0. The fraction of sp³-hybridized carbons (Fsp3) is 0.500. The second-order valence-electron chi connectivity index (χ2n) is 5.73. The number of aliphatic hydroxyl groups is 1. The Morgan fingerprint density at radius 1 is 1.45 bits per heavy atom. The first-order valence-electron chi connectivity index (χ1n) is 6.71. The molecular formula is C14H16N2O4. The van der Waals surface area contributed by atoms with Gasteiger partial charge in [0.15, 0.2) is 0 Å². The molecule has 0 unspecified atom stereocenters. The number of β-amino-alcohol motifs (C(OH)–C–C–N with tert-alkyl or cyclic N) is 1. The Labute approximate surface area is 116 Å². The Hall–Kier alpha value is -1.95. The summed E-state index contributed by atoms with van der Waals surface area (Å²) >= 11 is 0. The Morgan fingerprint density at radius 2 is 2.15 bits per heavy atom. The lowest BCUT2D eigenvalue weighted by Crippen LogP contribution is -2.65. The highest BCUT2D eigenvalue weighted by atomic mass is 16.6. The number of non-ortho nitro benzene ring substituents is 1. The predicted octanol–water partition coefficient (Wildman–Crippen LogP) is 1.12. The van der Waals surface area contributed by atoms with Gasteiger partial charge >= 0.3 is 0 Å². The summed E-state index contributed by atoms with van der Waals surface area (Å²) in [4.78, 5) is 23.9. The molecule has 0 spiro atoms. The van der Waals surface area contributed by atoms with Crippen molar-refractivity contribution in [1.29, 1.82) is 0 Å². The highest BCUT2D eigenvalue weighted by Gasteiger charge is 2.53. The summed E-state index contributed by atoms with van der Waals surface area (Å²) in [5.74, 6) is 0.264. The van der Waals surface area contributed by atoms with Crippen LogP contribution < -0.4 is 0 Å². The summed E-state index contributed by atoms with van der Waals surface area (Å²) in [6.07, 6.45) is 2.23. The molecule has 0 bridgehead atoms. The zero-order chi connectivity index (χ0) is 14.3. The molecule has 1 heterocycles. The predicted molar refractivity (Wildman–Crippen MR) is 71.1 cm³/mol. The van der Waals surface area contributed by atoms with Gasteiger partial charge in [0.05, 0.1) is 24.4 Å². The van der Waals surface area contributed by atoms with Crippen molar-refractivity contribution in [3.05, 3.63) is 39.9 Å². The molecule has 106 valence electrons. The van der Waals surface area contributed by atoms with Crippen LogP contribution in [0.25, 0.3) is 0 Å². The summed E-state index contributed by atoms with van der Waals surface area (Å²) in [5.41, 5.74) is -0.0577. The number of nitro benzene ring substituents is 1. The normalized spacial score (nSPS) is 20.4. The summed E-state index contributed by atoms with van der Waals surface area (Å²) in [5, 5.41) is 20.9. The number of amides is 1. The molecule has 1 aromatic carbocycles. The van der Waals surface area contributed by atoms with Gasteiger partial charge in [-0.25, -0.2) is 0 Å². The van der Waals surface area contributed by atoms with Crippen LogP contribution in [0.5, 0.6) is 0 Å². The van der Waals surface area contributed by atoms with Gasteiger partial charge in [-0.3, -0.25) is 14.9 Å². The number of rotatable bonds is 4. The molecule has 1 aliphatic heterocycles. The van der Waals surface area contributed by atoms with E-state index in [2.05, 4.69) is 0 Å². The zero-order valence-corrected chi connectivity index (χ0v) is 11.0. The molecule has 2 aliphatic rings. The van der Waals surface area contributed by atoms with Crippen LogP contribution in [0.1, 0.15) is 18.4 Å². The maximum Gasteiger partial charge on any atom is 0.269 e. The molecule has 6 heteroatoms. The van der Waals surface area contributed by atoms with Crippen LogP contribution >= 0.6 is 0 Å². The van der Waals surface area contributed by atoms with Crippen molar-refractivity contribution in [3.63, 3.8) is 0 Å². The standard InChI is InChI=1S/C14H16N2O4/c17-13(15-8-14(18,9-15)11-4-5-11)7-10-2-1-3-12(6-10)16(19)20/h1-3,6,11,18H,4-5,7-9H2. The SMILES string of the molecule is O=C(Cc1cccc([N+](=O)[O-])c1)N1CC(O)(C2CC2)C1. The zero-order valence-electron chi connectivity index (χ0n) is 11.0. The lowest BCUT2D eigenvalue weighted by atomic mass is 9.88. The number of carbonyl (C=O) groups excluding carboxylic acids is 1. The Bertz CT molecular complexity index is 562. The number of nitro groups is 1. The van der Waals surface area contributed by atoms with E-state index in [4.69, 9.17) is 0 Å². The fourth-order valence-corrected chi connectivity index (χ4v) is 2.74. The van der Waals surface area contributed by atoms with Gasteiger partial charge in [-0.15, -0.1) is 0 Å². The number of benzene rings is 1. The summed E-state index contributed by atoms with van der Waals surface area (Å²) in [6.45, 7) is 0.789. The molecule has 1 saturated heterocycles. The van der Waals surface area contributed by atoms with E-state index in [1.54, 1.807) is 17.0 Å². The topological polar surface area (TPSA) is 83.7 Å². The van der Waals surface area contributed by atoms with Gasteiger partial charge in [0.25, 0.3) is 5.69 Å². The van der Waals surface area contributed by atoms with Gasteiger partial charge in [-0.2, -0.15) is 0 Å². The average molecular weight is 276 g/mol. The van der Waals surface area contributed by atoms with Gasteiger partial charge in [-0.05, 0) is 24.3 Å². The average Bonchev–Trinajstić information content (AvgIpc) is 3.19. The van der Waals surface area contributed by atoms with Crippen LogP contribution in [0.2, 0.25) is 0 Å². The molecule has 1 aromatic rings. The van der Waals surface area contributed by atoms with E-state index in [1.807, 2.05) is 0 Å². The van der Waals surface area contributed by atoms with Crippen LogP contribution in [-0.4, -0.2) is 39.5 Å². The smallest absolute Gasteiger partial charge is 0.269 e. The van der Waals surface area contributed by atoms with Crippen molar-refractivity contribution in [2.75, 3.05) is 13.1 Å². The minimum absolute atomic E-state index is 0.00612. The molecule has 0 atom stereocenters. The molecule has 6 nitrogen and oxygen atoms in total. The first-order chi connectivity index (χ1) is 9.48. The van der Waals surface area contributed by atoms with Crippen molar-refractivity contribution >= 4 is 11.6 Å². The van der Waals surface area contributed by atoms with Crippen LogP contribution in [0.15, 0.2) is 24.3 Å². The number of hydrogen-bond donors (Lipinski definition) is 1. The van der Waals surface area contributed by atoms with Crippen LogP contribution in [0, 0.1) is 16.0 Å². The van der Waals surface area contributed by atoms with Gasteiger partial charge in [0.1, 0.15) is 5.60 Å². The molecule has 1 saturated carbocycles. The highest BCUT2D eigenvalue weighted by molar-refractivity contribution is 5.80. The second-order valence-corrected chi connectivity index (χ2v) is 5.73. The Kier molecular flexibility index (Phi) is 2.97. The largest absolute Gasteiger partial charge is 0.386 e. The minimum atomic E-state index is -0.682. The monoisotopic (exact) mass is 276 g/mol. The van der Waals surface area contributed by atoms with E-state index in [9.17, 15) is 20.0 Å². The molecule has 0 radical (unpaired) electrons. The molecule has 2 fully saturated rings. The summed E-state index contributed by atoms with van der Waals surface area (Å²) < 4.78 is 0. The maximum absolute atomic E-state index is 12.1. The van der Waals surface area contributed by atoms with Crippen molar-refractivity contribution in [2.45, 2.75) is 24.9 Å². The third kappa shape index (κ3) is 2.38. The molecule has 1 N–H and O–H groups in total. The Morgan fingerprint density at radius 3 is 2.75 bits per heavy atom. The Balaban J connectivity index is 1.59. The van der Waals surface area contributed by atoms with Crippen LogP contribution in [-0.2, 0) is 11.2 Å². The quantitative estimate of drug-likeness (QED) is 0.659. The lowest BCUT2D eigenvalue weighted by molar-refractivity contribution is -0.384. The molecular weight excluding hydrogens is 260 g/mol. The molecule has 3 rings (SSSR count). The first kappa shape index (κ1) is 13.1. The second kappa shape index (κ2) is 4.56. The molecule has 1 aliphatic carbocycles. The van der Waals surface area contributed by atoms with Crippen LogP contribution in [0.3, 0.4) is 0 Å². The molecule has 20 heavy (non-hydrogen) atoms. The number of carbonyl (C=O) groups is 1. The van der Waals surface area contributed by atoms with Gasteiger partial charge in [-0.1, -0.05) is 12.1 Å². The van der Waals surface area contributed by atoms with E-state index in [1.165, 1.54) is 12.1 Å². The van der Waals surface area contributed by atoms with Gasteiger partial charge in [0.2, 0.25) is 5.91 Å². The van der Waals surface area contributed by atoms with Gasteiger partial charge < -0.3 is 10.0 Å². The molecule has 1 amide bonds. The van der Waals surface area contributed by atoms with Crippen molar-refractivity contribution < 1.29 is 14.8 Å². The highest BCUT2D eigenvalue weighted by Crippen LogP contribution is 2.44. The fourth-order valence-electron chi connectivity index (χ4n) is 2.74. The number of likely N-dealkylation sites (tertiary alicyclic amines) is 1. The summed E-state index contributed by atoms with van der Waals surface area (Å²) in [6, 6.07) is 6.11. The van der Waals surface area contributed by atoms with E-state index in [0.717, 1.165) is 12.8 Å².